The Morgan fingerprint density at radius 1 is 1.11 bits per heavy atom. The Morgan fingerprint density at radius 3 is 2.78 bits per heavy atom. The number of rotatable bonds is 2. The molecule has 0 radical (unpaired) electrons. The van der Waals surface area contributed by atoms with E-state index in [0.717, 1.165) is 16.5 Å². The molecule has 0 saturated carbocycles. The lowest BCUT2D eigenvalue weighted by molar-refractivity contribution is 0.481. The van der Waals surface area contributed by atoms with Crippen molar-refractivity contribution < 1.29 is 5.11 Å². The van der Waals surface area contributed by atoms with Gasteiger partial charge in [-0.05, 0) is 30.7 Å². The van der Waals surface area contributed by atoms with Gasteiger partial charge in [0, 0.05) is 28.3 Å². The van der Waals surface area contributed by atoms with Crippen LogP contribution in [0.1, 0.15) is 12.8 Å². The zero-order valence-corrected chi connectivity index (χ0v) is 11.0. The first-order chi connectivity index (χ1) is 8.84. The van der Waals surface area contributed by atoms with Crippen LogP contribution in [0.5, 0.6) is 5.75 Å². The summed E-state index contributed by atoms with van der Waals surface area (Å²) in [5, 5.41) is 15.5. The molecule has 2 nitrogen and oxygen atoms in total. The lowest BCUT2D eigenvalue weighted by Crippen LogP contribution is -2.25. The molecular weight excluding hydrogens is 242 g/mol. The Bertz CT molecular complexity index is 549. The molecule has 3 heteroatoms. The summed E-state index contributed by atoms with van der Waals surface area (Å²) in [5.74, 6) is 2.82. The molecule has 18 heavy (non-hydrogen) atoms. The van der Waals surface area contributed by atoms with Crippen LogP contribution in [0.25, 0.3) is 10.8 Å². The van der Waals surface area contributed by atoms with Gasteiger partial charge in [0.25, 0.3) is 0 Å². The molecule has 1 unspecified atom stereocenters. The lowest BCUT2D eigenvalue weighted by Gasteiger charge is -2.24. The van der Waals surface area contributed by atoms with Crippen molar-refractivity contribution in [3.8, 4) is 5.75 Å². The summed E-state index contributed by atoms with van der Waals surface area (Å²) in [5.41, 5.74) is 1.14. The molecule has 0 aromatic heterocycles. The number of thioether (sulfide) groups is 1. The van der Waals surface area contributed by atoms with E-state index < -0.39 is 0 Å². The van der Waals surface area contributed by atoms with E-state index in [0.29, 0.717) is 11.8 Å². The molecule has 1 atom stereocenters. The minimum absolute atomic E-state index is 0.356. The smallest absolute Gasteiger partial charge is 0.123 e. The van der Waals surface area contributed by atoms with Gasteiger partial charge in [0.15, 0.2) is 0 Å². The van der Waals surface area contributed by atoms with Gasteiger partial charge >= 0.3 is 0 Å². The van der Waals surface area contributed by atoms with Crippen LogP contribution in [0.3, 0.4) is 0 Å². The Balaban J connectivity index is 1.93. The highest BCUT2D eigenvalue weighted by Gasteiger charge is 2.14. The highest BCUT2D eigenvalue weighted by Crippen LogP contribution is 2.31. The van der Waals surface area contributed by atoms with Crippen molar-refractivity contribution in [1.29, 1.82) is 0 Å². The molecule has 0 amide bonds. The molecule has 3 rings (SSSR count). The first-order valence-corrected chi connectivity index (χ1v) is 7.55. The molecule has 94 valence electrons. The molecule has 0 aliphatic carbocycles. The Labute approximate surface area is 111 Å². The number of benzene rings is 2. The number of hydrogen-bond acceptors (Lipinski definition) is 3. The first-order valence-electron chi connectivity index (χ1n) is 6.39. The van der Waals surface area contributed by atoms with Crippen LogP contribution in [0.2, 0.25) is 0 Å². The monoisotopic (exact) mass is 259 g/mol. The third kappa shape index (κ3) is 2.27. The van der Waals surface area contributed by atoms with Crippen molar-refractivity contribution in [3.63, 3.8) is 0 Å². The third-order valence-corrected chi connectivity index (χ3v) is 4.63. The van der Waals surface area contributed by atoms with Gasteiger partial charge in [0.05, 0.1) is 0 Å². The number of anilines is 1. The van der Waals surface area contributed by atoms with Gasteiger partial charge in [0.2, 0.25) is 0 Å². The van der Waals surface area contributed by atoms with E-state index in [1.165, 1.54) is 24.3 Å². The van der Waals surface area contributed by atoms with E-state index in [-0.39, 0.29) is 0 Å². The van der Waals surface area contributed by atoms with Crippen molar-refractivity contribution in [2.75, 3.05) is 16.8 Å². The molecule has 0 bridgehead atoms. The molecule has 1 saturated heterocycles. The topological polar surface area (TPSA) is 32.3 Å². The fourth-order valence-electron chi connectivity index (χ4n) is 2.49. The van der Waals surface area contributed by atoms with E-state index in [4.69, 9.17) is 0 Å². The van der Waals surface area contributed by atoms with Crippen molar-refractivity contribution in [1.82, 2.24) is 0 Å². The quantitative estimate of drug-likeness (QED) is 0.859. The minimum atomic E-state index is 0.356. The van der Waals surface area contributed by atoms with Gasteiger partial charge in [-0.2, -0.15) is 11.8 Å². The number of nitrogens with one attached hydrogen (secondary N) is 1. The molecule has 1 aliphatic heterocycles. The average molecular weight is 259 g/mol. The Morgan fingerprint density at radius 2 is 1.94 bits per heavy atom. The summed E-state index contributed by atoms with van der Waals surface area (Å²) < 4.78 is 0. The van der Waals surface area contributed by atoms with E-state index >= 15 is 0 Å². The largest absolute Gasteiger partial charge is 0.507 e. The zero-order chi connectivity index (χ0) is 12.4. The predicted octanol–water partition coefficient (Wildman–Crippen LogP) is 3.85. The van der Waals surface area contributed by atoms with E-state index in [1.807, 2.05) is 30.0 Å². The second-order valence-electron chi connectivity index (χ2n) is 4.74. The Hall–Kier alpha value is -1.35. The normalized spacial score (nSPS) is 19.9. The highest BCUT2D eigenvalue weighted by atomic mass is 32.2. The van der Waals surface area contributed by atoms with Crippen molar-refractivity contribution >= 4 is 28.2 Å². The minimum Gasteiger partial charge on any atom is -0.507 e. The van der Waals surface area contributed by atoms with Crippen LogP contribution in [0.15, 0.2) is 36.4 Å². The number of hydrogen-bond donors (Lipinski definition) is 2. The molecule has 2 aromatic rings. The van der Waals surface area contributed by atoms with Crippen LogP contribution < -0.4 is 5.32 Å². The molecule has 0 spiro atoms. The van der Waals surface area contributed by atoms with E-state index in [2.05, 4.69) is 17.4 Å². The molecule has 2 N–H and O–H groups in total. The van der Waals surface area contributed by atoms with Gasteiger partial charge in [0.1, 0.15) is 5.75 Å². The van der Waals surface area contributed by atoms with Crippen LogP contribution >= 0.6 is 11.8 Å². The first kappa shape index (κ1) is 11.7. The van der Waals surface area contributed by atoms with Crippen molar-refractivity contribution in [3.05, 3.63) is 36.4 Å². The van der Waals surface area contributed by atoms with Crippen molar-refractivity contribution in [2.45, 2.75) is 18.9 Å². The summed E-state index contributed by atoms with van der Waals surface area (Å²) in [7, 11) is 0. The van der Waals surface area contributed by atoms with Gasteiger partial charge in [-0.1, -0.05) is 24.3 Å². The van der Waals surface area contributed by atoms with Crippen LogP contribution in [0, 0.1) is 0 Å². The molecular formula is C15H17NOS. The maximum absolute atomic E-state index is 9.87. The van der Waals surface area contributed by atoms with Crippen LogP contribution in [-0.2, 0) is 0 Å². The fourth-order valence-corrected chi connectivity index (χ4v) is 3.57. The molecule has 1 heterocycles. The third-order valence-electron chi connectivity index (χ3n) is 3.42. The number of phenols is 1. The van der Waals surface area contributed by atoms with E-state index in [1.54, 1.807) is 6.07 Å². The lowest BCUT2D eigenvalue weighted by atomic mass is 10.1. The fraction of sp³-hybridized carbons (Fsp3) is 0.333. The molecule has 1 fully saturated rings. The van der Waals surface area contributed by atoms with Gasteiger partial charge in [-0.3, -0.25) is 0 Å². The maximum Gasteiger partial charge on any atom is 0.123 e. The van der Waals surface area contributed by atoms with Crippen LogP contribution in [-0.4, -0.2) is 22.7 Å². The van der Waals surface area contributed by atoms with Gasteiger partial charge < -0.3 is 10.4 Å². The highest BCUT2D eigenvalue weighted by molar-refractivity contribution is 7.99. The predicted molar refractivity (Wildman–Crippen MR) is 79.6 cm³/mol. The number of fused-ring (bicyclic) bond motifs is 1. The maximum atomic E-state index is 9.87. The second-order valence-corrected chi connectivity index (χ2v) is 5.89. The van der Waals surface area contributed by atoms with Gasteiger partial charge in [-0.25, -0.2) is 0 Å². The molecule has 2 aromatic carbocycles. The van der Waals surface area contributed by atoms with Gasteiger partial charge in [-0.15, -0.1) is 0 Å². The summed E-state index contributed by atoms with van der Waals surface area (Å²) in [6, 6.07) is 12.3. The summed E-state index contributed by atoms with van der Waals surface area (Å²) >= 11 is 2.02. The average Bonchev–Trinajstić information content (AvgIpc) is 2.41. The second kappa shape index (κ2) is 5.11. The van der Waals surface area contributed by atoms with Crippen molar-refractivity contribution in [2.24, 2.45) is 0 Å². The SMILES string of the molecule is Oc1cccc2c(NC3CCCSC3)cccc12. The van der Waals surface area contributed by atoms with E-state index in [9.17, 15) is 5.11 Å². The standard InChI is InChI=1S/C15H17NOS/c17-15-8-2-5-12-13(15)6-1-7-14(12)16-11-4-3-9-18-10-11/h1-2,5-8,11,16-17H,3-4,9-10H2. The number of aromatic hydroxyl groups is 1. The Kier molecular flexibility index (Phi) is 3.33. The molecule has 1 aliphatic rings. The summed E-state index contributed by atoms with van der Waals surface area (Å²) in [4.78, 5) is 0. The summed E-state index contributed by atoms with van der Waals surface area (Å²) in [6.07, 6.45) is 2.53. The number of phenolic OH excluding ortho intramolecular Hbond substituents is 1. The summed E-state index contributed by atoms with van der Waals surface area (Å²) in [6.45, 7) is 0. The zero-order valence-electron chi connectivity index (χ0n) is 10.2. The van der Waals surface area contributed by atoms with Crippen LogP contribution in [0.4, 0.5) is 5.69 Å².